The first-order chi connectivity index (χ1) is 15.9. The third-order valence-corrected chi connectivity index (χ3v) is 5.64. The lowest BCUT2D eigenvalue weighted by Crippen LogP contribution is -2.26. The molecule has 3 rings (SSSR count). The monoisotopic (exact) mass is 486 g/mol. The third kappa shape index (κ3) is 9.80. The van der Waals surface area contributed by atoms with E-state index in [1.165, 1.54) is 18.1 Å². The van der Waals surface area contributed by atoms with Crippen LogP contribution in [0.3, 0.4) is 0 Å². The fraction of sp³-hybridized carbons (Fsp3) is 0.500. The summed E-state index contributed by atoms with van der Waals surface area (Å²) in [4.78, 5) is 34.6. The van der Waals surface area contributed by atoms with Crippen molar-refractivity contribution in [1.29, 1.82) is 0 Å². The molecule has 1 aliphatic rings. The minimum Gasteiger partial charge on any atom is -0.471 e. The van der Waals surface area contributed by atoms with Crippen LogP contribution in [0.5, 0.6) is 5.75 Å². The molecule has 33 heavy (non-hydrogen) atoms. The van der Waals surface area contributed by atoms with Crippen LogP contribution in [0.15, 0.2) is 36.7 Å². The molecule has 0 radical (unpaired) electrons. The molecular formula is C20H33N5O7P+. The lowest BCUT2D eigenvalue weighted by Gasteiger charge is -2.19. The maximum atomic E-state index is 11.1. The van der Waals surface area contributed by atoms with Gasteiger partial charge in [0.15, 0.2) is 12.0 Å². The Bertz CT molecular complexity index is 826. The molecule has 1 saturated heterocycles. The van der Waals surface area contributed by atoms with E-state index in [4.69, 9.17) is 24.3 Å². The second kappa shape index (κ2) is 15.3. The van der Waals surface area contributed by atoms with E-state index in [0.29, 0.717) is 31.6 Å². The third-order valence-electron chi connectivity index (χ3n) is 3.97. The van der Waals surface area contributed by atoms with Crippen LogP contribution < -0.4 is 15.3 Å². The number of hydrogen-bond acceptors (Lipinski definition) is 10. The first kappa shape index (κ1) is 28.4. The number of nitrogens with zero attached hydrogens (tertiary/aromatic N) is 3. The van der Waals surface area contributed by atoms with E-state index >= 15 is 0 Å². The summed E-state index contributed by atoms with van der Waals surface area (Å²) in [5.41, 5.74) is 5.16. The number of amides is 1. The van der Waals surface area contributed by atoms with E-state index in [2.05, 4.69) is 19.9 Å². The van der Waals surface area contributed by atoms with Crippen molar-refractivity contribution >= 4 is 20.5 Å². The molecule has 2 aromatic rings. The average Bonchev–Trinajstić information content (AvgIpc) is 3.50. The van der Waals surface area contributed by atoms with Crippen molar-refractivity contribution in [3.63, 3.8) is 0 Å². The van der Waals surface area contributed by atoms with E-state index in [0.717, 1.165) is 0 Å². The second-order valence-electron chi connectivity index (χ2n) is 6.27. The maximum absolute atomic E-state index is 11.1. The first-order valence-electron chi connectivity index (χ1n) is 10.5. The predicted molar refractivity (Wildman–Crippen MR) is 122 cm³/mol. The number of nitrogens with two attached hydrogens (primary N) is 1. The van der Waals surface area contributed by atoms with Gasteiger partial charge in [-0.25, -0.2) is 9.67 Å². The van der Waals surface area contributed by atoms with Gasteiger partial charge in [0.1, 0.15) is 12.9 Å². The SMILES string of the molecule is CC.CCN[P+](O)(OCC1CCC(n2cnc(C(N)=O)n2)O1)Oc1ccccc1.COC=O. The van der Waals surface area contributed by atoms with Crippen LogP contribution in [-0.2, 0) is 18.8 Å². The zero-order valence-electron chi connectivity index (χ0n) is 19.3. The molecule has 0 bridgehead atoms. The van der Waals surface area contributed by atoms with Gasteiger partial charge in [-0.3, -0.25) is 14.1 Å². The highest BCUT2D eigenvalue weighted by molar-refractivity contribution is 7.58. The molecule has 3 atom stereocenters. The number of aromatic nitrogens is 3. The van der Waals surface area contributed by atoms with Crippen LogP contribution in [0.4, 0.5) is 0 Å². The van der Waals surface area contributed by atoms with Gasteiger partial charge in [-0.05, 0) is 31.9 Å². The van der Waals surface area contributed by atoms with Gasteiger partial charge in [0.25, 0.3) is 12.4 Å². The molecule has 1 aromatic carbocycles. The Hall–Kier alpha value is -2.63. The van der Waals surface area contributed by atoms with Crippen LogP contribution in [0.2, 0.25) is 0 Å². The molecular weight excluding hydrogens is 453 g/mol. The van der Waals surface area contributed by atoms with Gasteiger partial charge in [0, 0.05) is 6.54 Å². The number of hydrogen-bond donors (Lipinski definition) is 3. The van der Waals surface area contributed by atoms with Crippen molar-refractivity contribution < 1.29 is 33.0 Å². The molecule has 12 nitrogen and oxygen atoms in total. The van der Waals surface area contributed by atoms with Gasteiger partial charge < -0.3 is 15.2 Å². The minimum absolute atomic E-state index is 0.0537. The zero-order chi connectivity index (χ0) is 24.7. The molecule has 13 heteroatoms. The van der Waals surface area contributed by atoms with Crippen LogP contribution in [-0.4, -0.2) is 58.4 Å². The zero-order valence-corrected chi connectivity index (χ0v) is 20.2. The molecule has 0 saturated carbocycles. The van der Waals surface area contributed by atoms with Crippen LogP contribution in [0, 0.1) is 0 Å². The fourth-order valence-corrected chi connectivity index (χ4v) is 4.03. The summed E-state index contributed by atoms with van der Waals surface area (Å²) < 4.78 is 22.5. The predicted octanol–water partition coefficient (Wildman–Crippen LogP) is 2.24. The van der Waals surface area contributed by atoms with Crippen molar-refractivity contribution in [3.05, 3.63) is 42.5 Å². The Morgan fingerprint density at radius 3 is 2.58 bits per heavy atom. The Morgan fingerprint density at radius 2 is 2.03 bits per heavy atom. The molecule has 0 aliphatic carbocycles. The molecule has 4 N–H and O–H groups in total. The van der Waals surface area contributed by atoms with E-state index in [1.54, 1.807) is 12.1 Å². The molecule has 184 valence electrons. The summed E-state index contributed by atoms with van der Waals surface area (Å²) >= 11 is 0. The molecule has 0 spiro atoms. The minimum atomic E-state index is -3.27. The Balaban J connectivity index is 0.000000820. The summed E-state index contributed by atoms with van der Waals surface area (Å²) in [6.07, 6.45) is 2.18. The normalized spacial score (nSPS) is 18.6. The van der Waals surface area contributed by atoms with Gasteiger partial charge in [-0.2, -0.15) is 9.42 Å². The molecule has 1 fully saturated rings. The smallest absolute Gasteiger partial charge is 0.471 e. The van der Waals surface area contributed by atoms with Gasteiger partial charge in [0.2, 0.25) is 5.82 Å². The van der Waals surface area contributed by atoms with E-state index in [9.17, 15) is 9.69 Å². The number of methoxy groups -OCH3 is 1. The Morgan fingerprint density at radius 1 is 1.36 bits per heavy atom. The quantitative estimate of drug-likeness (QED) is 0.336. The summed E-state index contributed by atoms with van der Waals surface area (Å²) in [5, 5.41) is 6.88. The number of ether oxygens (including phenoxy) is 2. The summed E-state index contributed by atoms with van der Waals surface area (Å²) in [6, 6.07) is 8.98. The molecule has 1 aliphatic heterocycles. The van der Waals surface area contributed by atoms with E-state index in [1.807, 2.05) is 39.0 Å². The highest BCUT2D eigenvalue weighted by Crippen LogP contribution is 2.52. The number of carbonyl (C=O) groups excluding carboxylic acids is 2. The highest BCUT2D eigenvalue weighted by atomic mass is 31.2. The Labute approximate surface area is 194 Å². The number of benzene rings is 1. The van der Waals surface area contributed by atoms with Gasteiger partial charge in [-0.15, -0.1) is 10.2 Å². The number of primary amides is 1. The highest BCUT2D eigenvalue weighted by Gasteiger charge is 2.44. The van der Waals surface area contributed by atoms with Crippen molar-refractivity contribution in [1.82, 2.24) is 19.9 Å². The summed E-state index contributed by atoms with van der Waals surface area (Å²) in [6.45, 7) is 6.86. The molecule has 2 heterocycles. The van der Waals surface area contributed by atoms with E-state index < -0.39 is 14.0 Å². The van der Waals surface area contributed by atoms with E-state index in [-0.39, 0.29) is 24.8 Å². The van der Waals surface area contributed by atoms with Crippen molar-refractivity contribution in [3.8, 4) is 5.75 Å². The molecule has 1 amide bonds. The van der Waals surface area contributed by atoms with Gasteiger partial charge in [-0.1, -0.05) is 32.0 Å². The molecule has 3 unspecified atom stereocenters. The Kier molecular flexibility index (Phi) is 13.1. The van der Waals surface area contributed by atoms with Crippen molar-refractivity contribution in [2.45, 2.75) is 45.9 Å². The van der Waals surface area contributed by atoms with Crippen LogP contribution >= 0.6 is 8.09 Å². The fourth-order valence-electron chi connectivity index (χ4n) is 2.64. The van der Waals surface area contributed by atoms with Gasteiger partial charge >= 0.3 is 8.09 Å². The molecule has 1 aromatic heterocycles. The lowest BCUT2D eigenvalue weighted by molar-refractivity contribution is -0.126. The van der Waals surface area contributed by atoms with Crippen molar-refractivity contribution in [2.75, 3.05) is 20.3 Å². The topological polar surface area (TPSA) is 160 Å². The number of para-hydroxylation sites is 1. The summed E-state index contributed by atoms with van der Waals surface area (Å²) in [7, 11) is -1.96. The van der Waals surface area contributed by atoms with Gasteiger partial charge in [0.05, 0.1) is 13.2 Å². The average molecular weight is 486 g/mol. The maximum Gasteiger partial charge on any atom is 0.543 e. The summed E-state index contributed by atoms with van der Waals surface area (Å²) in [5.74, 6) is -0.228. The van der Waals surface area contributed by atoms with Crippen LogP contribution in [0.25, 0.3) is 0 Å². The second-order valence-corrected chi connectivity index (χ2v) is 8.06. The number of rotatable bonds is 10. The lowest BCUT2D eigenvalue weighted by atomic mass is 10.2. The standard InChI is InChI=1S/C16H22N5O5P.C2H4O2.C2H6/c1-2-19-27(23,26-12-6-4-3-5-7-12)24-10-13-8-9-14(25-13)21-11-18-16(20-21)15(17)22;1-4-2-3;1-2/h3-7,11,13-14,19,23H,2,8-10H2,1H3,(H-,17,22);2H,1H3;1-2H3/p+1. The van der Waals surface area contributed by atoms with Crippen LogP contribution in [0.1, 0.15) is 50.5 Å². The number of carbonyl (C=O) groups is 2. The number of nitrogens with one attached hydrogen (secondary N) is 1. The van der Waals surface area contributed by atoms with Crippen molar-refractivity contribution in [2.24, 2.45) is 5.73 Å². The largest absolute Gasteiger partial charge is 0.543 e. The first-order valence-corrected chi connectivity index (χ1v) is 12.1.